The second-order valence-corrected chi connectivity index (χ2v) is 20.9. The van der Waals surface area contributed by atoms with Gasteiger partial charge in [-0.05, 0) is 0 Å². The first-order valence-corrected chi connectivity index (χ1v) is 26.8. The predicted octanol–water partition coefficient (Wildman–Crippen LogP) is -15.9. The molecule has 0 aliphatic carbocycles. The average Bonchev–Trinajstić information content (AvgIpc) is 1.77. The van der Waals surface area contributed by atoms with E-state index in [0.717, 1.165) is 0 Å². The van der Waals surface area contributed by atoms with Crippen LogP contribution in [0, 0.1) is 0 Å². The maximum Gasteiger partial charge on any atom is 0.261 e. The van der Waals surface area contributed by atoms with Gasteiger partial charge in [0.05, 0.1) is 52.4 Å². The van der Waals surface area contributed by atoms with Gasteiger partial charge in [0.1, 0.15) is 177 Å². The number of amides is 1. The third kappa shape index (κ3) is 14.4. The molecule has 39 heteroatoms. The van der Waals surface area contributed by atoms with Gasteiger partial charge in [0.25, 0.3) is 5.91 Å². The number of carbonyl (C=O) groups excluding carboxylic acids is 2. The second kappa shape index (κ2) is 29.9. The van der Waals surface area contributed by atoms with Crippen LogP contribution in [0.25, 0.3) is 0 Å². The second-order valence-electron chi connectivity index (χ2n) is 20.9. The molecule has 14 bridgehead atoms. The monoisotopic (exact) mass is 1250 g/mol. The highest BCUT2D eigenvalue weighted by atomic mass is 16.8. The molecule has 490 valence electrons. The molecule has 21 saturated heterocycles. The lowest BCUT2D eigenvalue weighted by Gasteiger charge is -2.50. The number of aliphatic hydroxyl groups is 20. The minimum atomic E-state index is -2.30. The smallest absolute Gasteiger partial charge is 0.261 e. The fraction of sp³-hybridized carbons (Fsp3) is 0.935. The van der Waals surface area contributed by atoms with Crippen LogP contribution in [0.1, 0.15) is 0 Å². The van der Waals surface area contributed by atoms with Gasteiger partial charge in [-0.15, -0.1) is 0 Å². The van der Waals surface area contributed by atoms with Crippen molar-refractivity contribution in [3.63, 3.8) is 0 Å². The Bertz CT molecular complexity index is 2120. The van der Waals surface area contributed by atoms with Crippen LogP contribution in [0.5, 0.6) is 0 Å². The molecule has 0 unspecified atom stereocenters. The summed E-state index contributed by atoms with van der Waals surface area (Å²) >= 11 is 0. The molecule has 35 atom stereocenters. The molecule has 0 saturated carbocycles. The zero-order valence-electron chi connectivity index (χ0n) is 44.4. The van der Waals surface area contributed by atoms with Crippen LogP contribution < -0.4 is 5.32 Å². The largest absolute Gasteiger partial charge is 0.394 e. The van der Waals surface area contributed by atoms with Crippen LogP contribution in [0.15, 0.2) is 5.16 Å². The predicted molar refractivity (Wildman–Crippen MR) is 255 cm³/mol. The molecule has 0 radical (unpaired) electrons. The van der Waals surface area contributed by atoms with E-state index in [0.29, 0.717) is 12.5 Å². The molecular weight excluding hydrogens is 1170 g/mol. The molecule has 21 rings (SSSR count). The first kappa shape index (κ1) is 68.2. The van der Waals surface area contributed by atoms with Gasteiger partial charge in [-0.1, -0.05) is 5.16 Å². The van der Waals surface area contributed by atoms with Gasteiger partial charge in [0, 0.05) is 0 Å². The van der Waals surface area contributed by atoms with Crippen molar-refractivity contribution >= 4 is 18.4 Å². The summed E-state index contributed by atoms with van der Waals surface area (Å²) in [5.74, 6) is -0.851. The summed E-state index contributed by atoms with van der Waals surface area (Å²) in [5, 5.41) is 228. The first-order chi connectivity index (χ1) is 40.5. The van der Waals surface area contributed by atoms with Crippen molar-refractivity contribution in [2.75, 3.05) is 52.8 Å². The molecule has 0 aromatic carbocycles. The Hall–Kier alpha value is -2.75. The summed E-state index contributed by atoms with van der Waals surface area (Å²) < 4.78 is 80.2. The summed E-state index contributed by atoms with van der Waals surface area (Å²) in [6.07, 6.45) is -71.1. The summed E-state index contributed by atoms with van der Waals surface area (Å²) in [7, 11) is 0. The Morgan fingerprint density at radius 1 is 0.341 bits per heavy atom. The van der Waals surface area contributed by atoms with Gasteiger partial charge < -0.3 is 183 Å². The van der Waals surface area contributed by atoms with Crippen LogP contribution >= 0.6 is 0 Å². The van der Waals surface area contributed by atoms with Crippen molar-refractivity contribution in [1.82, 2.24) is 5.32 Å². The lowest BCUT2D eigenvalue weighted by molar-refractivity contribution is -0.396. The fourth-order valence-corrected chi connectivity index (χ4v) is 10.7. The van der Waals surface area contributed by atoms with E-state index in [-0.39, 0.29) is 0 Å². The Labute approximate surface area is 478 Å². The number of aldehydes is 1. The number of hydrogen-bond acceptors (Lipinski definition) is 38. The third-order valence-corrected chi connectivity index (χ3v) is 15.4. The van der Waals surface area contributed by atoms with Crippen LogP contribution in [-0.4, -0.2) is 388 Å². The molecule has 21 aliphatic heterocycles. The molecule has 21 aliphatic rings. The summed E-state index contributed by atoms with van der Waals surface area (Å²) in [5.41, 5.74) is 0. The highest BCUT2D eigenvalue weighted by Crippen LogP contribution is 2.39. The summed E-state index contributed by atoms with van der Waals surface area (Å²) in [6, 6.07) is 0. The number of aliphatic hydroxyl groups excluding tert-OH is 20. The standard InChI is InChI=1S/C46H74N2O37/c49-2-1-47-18(56)10-71-48-3-11-33-19(57)26(64)40(72-11)80-34-12(4-50)74-42(28(66)21(34)59)82-36-14(6-52)76-44(30(68)23(36)61)84-38-16(8-54)78-46(32(70)25(38)63)85-39-17(9-55)77-45(31(69)24(39)62)83-37-15(7-53)75-43(29(67)22(37)60)81-35-13(5-51)73-41(79-33)27(65)20(35)58/h2-3,11-17,19-46,50-55,57-70H,1,4-10H2,(H,47,56)/b48-3+/t11-,12-,13-,14-,15-,16-,17-,19-,20-,21-,22-,23-,24-,25-,26-,27-,28-,29-,30-,31-,32-,33-,34-,35-,36-,37-,38-,39-,40-,41-,42-,43-,44-,45-,46-/m1/s1. The molecule has 0 spiro atoms. The summed E-state index contributed by atoms with van der Waals surface area (Å²) in [6.45, 7) is -7.72. The van der Waals surface area contributed by atoms with Crippen LogP contribution in [0.2, 0.25) is 0 Å². The van der Waals surface area contributed by atoms with Crippen LogP contribution in [0.4, 0.5) is 0 Å². The number of nitrogens with one attached hydrogen (secondary N) is 1. The van der Waals surface area contributed by atoms with E-state index in [2.05, 4.69) is 10.5 Å². The first-order valence-electron chi connectivity index (χ1n) is 26.8. The normalized spacial score (nSPS) is 51.2. The van der Waals surface area contributed by atoms with Crippen molar-refractivity contribution < 1.29 is 183 Å². The third-order valence-electron chi connectivity index (χ3n) is 15.4. The summed E-state index contributed by atoms with van der Waals surface area (Å²) in [4.78, 5) is 27.8. The van der Waals surface area contributed by atoms with Crippen LogP contribution in [-0.2, 0) is 80.7 Å². The Morgan fingerprint density at radius 2 is 0.565 bits per heavy atom. The zero-order valence-corrected chi connectivity index (χ0v) is 44.4. The number of hydrogen-bond donors (Lipinski definition) is 21. The number of rotatable bonds is 12. The maximum absolute atomic E-state index is 12.1. The number of nitrogens with zero attached hydrogens (tertiary/aromatic N) is 1. The maximum atomic E-state index is 12.1. The molecular formula is C46H74N2O37. The van der Waals surface area contributed by atoms with Gasteiger partial charge in [0.2, 0.25) is 0 Å². The van der Waals surface area contributed by atoms with E-state index in [1.165, 1.54) is 0 Å². The van der Waals surface area contributed by atoms with Crippen molar-refractivity contribution in [2.45, 2.75) is 215 Å². The van der Waals surface area contributed by atoms with E-state index in [1.54, 1.807) is 0 Å². The SMILES string of the molecule is O=CCNC(=O)CO/N=C/[C@H]1O[C@@H]2O[C@H]3[C@H](O)[C@@H](O)[C@@H](O[C@H]4[C@H](O)[C@@H](O)[C@@H](O[C@H]5[C@H](O)[C@@H](O)[C@@H](O[C@H]6[C@H](O)[C@@H](O)[C@@H](O[C@H]7[C@H](O)[C@@H](O)[C@@H](O[C@H]8[C@H](O)[C@@H](O)[C@@H](O[C@H]1[C@H](O)[C@H]2O)O[C@@H]8CO)O[C@@H]7CO)O[C@@H]6CO)O[C@@H]5CO)O[C@@H]4CO)O[C@@H]3CO. The lowest BCUT2D eigenvalue weighted by Crippen LogP contribution is -2.68. The molecule has 21 fully saturated rings. The molecule has 21 heterocycles. The highest BCUT2D eigenvalue weighted by molar-refractivity contribution is 5.79. The lowest BCUT2D eigenvalue weighted by atomic mass is 9.95. The van der Waals surface area contributed by atoms with E-state index in [1.807, 2.05) is 0 Å². The average molecular weight is 1250 g/mol. The number of carbonyl (C=O) groups is 2. The highest BCUT2D eigenvalue weighted by Gasteiger charge is 2.59. The van der Waals surface area contributed by atoms with Gasteiger partial charge in [-0.25, -0.2) is 0 Å². The Balaban J connectivity index is 1.10. The molecule has 39 nitrogen and oxygen atoms in total. The van der Waals surface area contributed by atoms with E-state index >= 15 is 0 Å². The van der Waals surface area contributed by atoms with E-state index in [4.69, 9.17) is 71.2 Å². The minimum Gasteiger partial charge on any atom is -0.394 e. The fourth-order valence-electron chi connectivity index (χ4n) is 10.7. The van der Waals surface area contributed by atoms with E-state index < -0.39 is 274 Å². The van der Waals surface area contributed by atoms with E-state index in [9.17, 15) is 112 Å². The molecule has 0 aromatic heterocycles. The van der Waals surface area contributed by atoms with Crippen molar-refractivity contribution in [2.24, 2.45) is 5.16 Å². The Morgan fingerprint density at radius 3 is 0.800 bits per heavy atom. The van der Waals surface area contributed by atoms with Gasteiger partial charge >= 0.3 is 0 Å². The topological polar surface area (TPSA) is 602 Å². The Kier molecular flexibility index (Phi) is 24.0. The number of oxime groups is 1. The minimum absolute atomic E-state index is 0.365. The quantitative estimate of drug-likeness (QED) is 0.0490. The molecule has 1 amide bonds. The zero-order chi connectivity index (χ0) is 61.9. The van der Waals surface area contributed by atoms with Crippen molar-refractivity contribution in [3.05, 3.63) is 0 Å². The van der Waals surface area contributed by atoms with Crippen molar-refractivity contribution in [3.8, 4) is 0 Å². The van der Waals surface area contributed by atoms with Gasteiger partial charge in [0.15, 0.2) is 50.6 Å². The molecule has 85 heavy (non-hydrogen) atoms. The van der Waals surface area contributed by atoms with Crippen LogP contribution in [0.3, 0.4) is 0 Å². The van der Waals surface area contributed by atoms with Crippen molar-refractivity contribution in [1.29, 1.82) is 0 Å². The molecule has 0 aromatic rings. The molecule has 21 N–H and O–H groups in total. The van der Waals surface area contributed by atoms with Gasteiger partial charge in [-0.2, -0.15) is 0 Å². The number of ether oxygens (including phenoxy) is 14. The van der Waals surface area contributed by atoms with Gasteiger partial charge in [-0.3, -0.25) is 4.79 Å².